The number of guanidine groups is 1. The first-order valence-corrected chi connectivity index (χ1v) is 9.57. The van der Waals surface area contributed by atoms with Gasteiger partial charge in [-0.25, -0.2) is 0 Å². The molecular weight excluding hydrogens is 310 g/mol. The van der Waals surface area contributed by atoms with E-state index < -0.39 is 0 Å². The Morgan fingerprint density at radius 2 is 1.92 bits per heavy atom. The molecule has 0 atom stereocenters. The number of piperazine rings is 1. The van der Waals surface area contributed by atoms with Crippen LogP contribution in [0.3, 0.4) is 0 Å². The van der Waals surface area contributed by atoms with E-state index in [1.165, 1.54) is 11.3 Å². The maximum Gasteiger partial charge on any atom is 0.190 e. The Hall–Kier alpha value is -1.75. The van der Waals surface area contributed by atoms with Crippen molar-refractivity contribution < 1.29 is 0 Å². The molecule has 2 N–H and O–H groups in total. The Balaban J connectivity index is 1.62. The molecule has 0 unspecified atom stereocenters. The quantitative estimate of drug-likeness (QED) is 0.452. The summed E-state index contributed by atoms with van der Waals surface area (Å²) in [6, 6.07) is 8.83. The van der Waals surface area contributed by atoms with Gasteiger partial charge >= 0.3 is 0 Å². The van der Waals surface area contributed by atoms with Crippen LogP contribution in [-0.4, -0.2) is 63.7 Å². The molecule has 25 heavy (non-hydrogen) atoms. The molecule has 1 fully saturated rings. The minimum Gasteiger partial charge on any atom is -0.369 e. The topological polar surface area (TPSA) is 42.9 Å². The fraction of sp³-hybridized carbons (Fsp3) is 0.650. The maximum atomic E-state index is 4.27. The average molecular weight is 346 g/mol. The summed E-state index contributed by atoms with van der Waals surface area (Å²) in [7, 11) is 1.83. The molecule has 2 rings (SSSR count). The lowest BCUT2D eigenvalue weighted by molar-refractivity contribution is 0.255. The van der Waals surface area contributed by atoms with Crippen LogP contribution in [-0.2, 0) is 0 Å². The van der Waals surface area contributed by atoms with Gasteiger partial charge < -0.3 is 15.5 Å². The second kappa shape index (κ2) is 10.3. The largest absolute Gasteiger partial charge is 0.369 e. The van der Waals surface area contributed by atoms with Gasteiger partial charge in [0.05, 0.1) is 0 Å². The highest BCUT2D eigenvalue weighted by Gasteiger charge is 2.16. The van der Waals surface area contributed by atoms with Gasteiger partial charge in [0.25, 0.3) is 0 Å². The lowest BCUT2D eigenvalue weighted by Gasteiger charge is -2.36. The highest BCUT2D eigenvalue weighted by molar-refractivity contribution is 5.79. The van der Waals surface area contributed by atoms with E-state index in [9.17, 15) is 0 Å². The molecule has 0 saturated carbocycles. The number of rotatable bonds is 7. The summed E-state index contributed by atoms with van der Waals surface area (Å²) < 4.78 is 0. The van der Waals surface area contributed by atoms with Crippen molar-refractivity contribution >= 4 is 11.6 Å². The maximum absolute atomic E-state index is 4.27. The second-order valence-electron chi connectivity index (χ2n) is 7.29. The van der Waals surface area contributed by atoms with Crippen LogP contribution in [0.5, 0.6) is 0 Å². The number of benzene rings is 1. The molecule has 1 saturated heterocycles. The lowest BCUT2D eigenvalue weighted by atomic mass is 10.2. The summed E-state index contributed by atoms with van der Waals surface area (Å²) in [5.41, 5.74) is 2.70. The van der Waals surface area contributed by atoms with Gasteiger partial charge in [-0.2, -0.15) is 0 Å². The molecule has 5 heteroatoms. The van der Waals surface area contributed by atoms with E-state index in [-0.39, 0.29) is 0 Å². The Morgan fingerprint density at radius 3 is 2.56 bits per heavy atom. The number of nitrogens with one attached hydrogen (secondary N) is 2. The molecule has 0 amide bonds. The normalized spacial score (nSPS) is 16.4. The minimum atomic E-state index is 0.628. The van der Waals surface area contributed by atoms with E-state index in [0.29, 0.717) is 5.92 Å². The van der Waals surface area contributed by atoms with Crippen molar-refractivity contribution in [3.63, 3.8) is 0 Å². The molecule has 1 aliphatic rings. The molecule has 0 radical (unpaired) electrons. The summed E-state index contributed by atoms with van der Waals surface area (Å²) in [5, 5.41) is 6.76. The monoisotopic (exact) mass is 345 g/mol. The number of hydrogen-bond acceptors (Lipinski definition) is 3. The van der Waals surface area contributed by atoms with Crippen molar-refractivity contribution in [3.8, 4) is 0 Å². The predicted octanol–water partition coefficient (Wildman–Crippen LogP) is 2.33. The van der Waals surface area contributed by atoms with E-state index in [1.54, 1.807) is 0 Å². The fourth-order valence-corrected chi connectivity index (χ4v) is 3.09. The van der Waals surface area contributed by atoms with Crippen LogP contribution in [0.15, 0.2) is 29.3 Å². The van der Waals surface area contributed by atoms with E-state index in [4.69, 9.17) is 0 Å². The molecule has 1 aromatic rings. The number of aliphatic imine (C=N–C) groups is 1. The fourth-order valence-electron chi connectivity index (χ4n) is 3.09. The first kappa shape index (κ1) is 19.6. The van der Waals surface area contributed by atoms with Crippen LogP contribution in [0.1, 0.15) is 25.8 Å². The van der Waals surface area contributed by atoms with Gasteiger partial charge in [-0.15, -0.1) is 0 Å². The van der Waals surface area contributed by atoms with Crippen LogP contribution in [0.2, 0.25) is 0 Å². The van der Waals surface area contributed by atoms with Crippen LogP contribution < -0.4 is 15.5 Å². The Labute approximate surface area is 153 Å². The predicted molar refractivity (Wildman–Crippen MR) is 109 cm³/mol. The average Bonchev–Trinajstić information content (AvgIpc) is 2.61. The summed E-state index contributed by atoms with van der Waals surface area (Å²) in [4.78, 5) is 9.34. The Morgan fingerprint density at radius 1 is 1.16 bits per heavy atom. The van der Waals surface area contributed by atoms with Gasteiger partial charge in [-0.05, 0) is 43.5 Å². The zero-order chi connectivity index (χ0) is 18.1. The summed E-state index contributed by atoms with van der Waals surface area (Å²) in [6.45, 7) is 14.2. The highest BCUT2D eigenvalue weighted by Crippen LogP contribution is 2.17. The molecular formula is C20H35N5. The molecule has 1 aromatic carbocycles. The SMILES string of the molecule is CN=C(NCCCN1CCN(c2cccc(C)c2)CC1)NCC(C)C. The van der Waals surface area contributed by atoms with Crippen molar-refractivity contribution in [3.05, 3.63) is 29.8 Å². The number of aryl methyl sites for hydroxylation is 1. The van der Waals surface area contributed by atoms with Crippen LogP contribution in [0.4, 0.5) is 5.69 Å². The standard InChI is InChI=1S/C20H35N5/c1-17(2)16-23-20(21-4)22-9-6-10-24-11-13-25(14-12-24)19-8-5-7-18(3)15-19/h5,7-8,15,17H,6,9-14,16H2,1-4H3,(H2,21,22,23). The van der Waals surface area contributed by atoms with Crippen LogP contribution >= 0.6 is 0 Å². The van der Waals surface area contributed by atoms with E-state index in [1.807, 2.05) is 7.05 Å². The highest BCUT2D eigenvalue weighted by atomic mass is 15.3. The van der Waals surface area contributed by atoms with Gasteiger partial charge in [0, 0.05) is 52.0 Å². The number of anilines is 1. The van der Waals surface area contributed by atoms with Gasteiger partial charge in [0.15, 0.2) is 5.96 Å². The van der Waals surface area contributed by atoms with E-state index in [0.717, 1.165) is 58.2 Å². The van der Waals surface area contributed by atoms with Crippen molar-refractivity contribution in [1.29, 1.82) is 0 Å². The summed E-state index contributed by atoms with van der Waals surface area (Å²) >= 11 is 0. The molecule has 0 aliphatic carbocycles. The zero-order valence-electron chi connectivity index (χ0n) is 16.4. The van der Waals surface area contributed by atoms with Crippen LogP contribution in [0, 0.1) is 12.8 Å². The van der Waals surface area contributed by atoms with Crippen molar-refractivity contribution in [2.75, 3.05) is 57.8 Å². The van der Waals surface area contributed by atoms with Crippen molar-refractivity contribution in [1.82, 2.24) is 15.5 Å². The first-order valence-electron chi connectivity index (χ1n) is 9.57. The van der Waals surface area contributed by atoms with Gasteiger partial charge in [-0.1, -0.05) is 26.0 Å². The number of nitrogens with zero attached hydrogens (tertiary/aromatic N) is 3. The third kappa shape index (κ3) is 6.94. The smallest absolute Gasteiger partial charge is 0.190 e. The zero-order valence-corrected chi connectivity index (χ0v) is 16.4. The minimum absolute atomic E-state index is 0.628. The number of hydrogen-bond donors (Lipinski definition) is 2. The molecule has 1 aliphatic heterocycles. The van der Waals surface area contributed by atoms with E-state index >= 15 is 0 Å². The van der Waals surface area contributed by atoms with Crippen molar-refractivity contribution in [2.45, 2.75) is 27.2 Å². The van der Waals surface area contributed by atoms with Gasteiger partial charge in [0.2, 0.25) is 0 Å². The Kier molecular flexibility index (Phi) is 8.06. The van der Waals surface area contributed by atoms with Gasteiger partial charge in [-0.3, -0.25) is 9.89 Å². The molecule has 1 heterocycles. The van der Waals surface area contributed by atoms with Crippen LogP contribution in [0.25, 0.3) is 0 Å². The second-order valence-corrected chi connectivity index (χ2v) is 7.29. The van der Waals surface area contributed by atoms with Crippen molar-refractivity contribution in [2.24, 2.45) is 10.9 Å². The molecule has 5 nitrogen and oxygen atoms in total. The first-order chi connectivity index (χ1) is 12.1. The van der Waals surface area contributed by atoms with Gasteiger partial charge in [0.1, 0.15) is 0 Å². The summed E-state index contributed by atoms with van der Waals surface area (Å²) in [5.74, 6) is 1.54. The molecule has 0 aromatic heterocycles. The van der Waals surface area contributed by atoms with E-state index in [2.05, 4.69) is 70.5 Å². The third-order valence-corrected chi connectivity index (χ3v) is 4.58. The third-order valence-electron chi connectivity index (χ3n) is 4.58. The molecule has 140 valence electrons. The Bertz CT molecular complexity index is 533. The molecule has 0 spiro atoms. The lowest BCUT2D eigenvalue weighted by Crippen LogP contribution is -2.47. The summed E-state index contributed by atoms with van der Waals surface area (Å²) in [6.07, 6.45) is 1.15. The molecule has 0 bridgehead atoms.